The number of likely N-dealkylation sites (N-methyl/N-ethyl adjacent to an activating group) is 1. The van der Waals surface area contributed by atoms with Gasteiger partial charge in [-0.2, -0.15) is 0 Å². The van der Waals surface area contributed by atoms with Crippen LogP contribution >= 0.6 is 0 Å². The predicted molar refractivity (Wildman–Crippen MR) is 109 cm³/mol. The molecule has 1 amide bonds. The Bertz CT molecular complexity index is 687. The zero-order chi connectivity index (χ0) is 21.1. The van der Waals surface area contributed by atoms with Gasteiger partial charge < -0.3 is 14.4 Å². The fraction of sp³-hybridized carbons (Fsp3) is 0.696. The molecule has 0 N–H and O–H groups in total. The number of rotatable bonds is 9. The van der Waals surface area contributed by atoms with Crippen molar-refractivity contribution in [3.8, 4) is 0 Å². The van der Waals surface area contributed by atoms with Gasteiger partial charge in [-0.15, -0.1) is 0 Å². The van der Waals surface area contributed by atoms with Crippen LogP contribution in [0.4, 0.5) is 0 Å². The molecular formula is C23H33NO5. The van der Waals surface area contributed by atoms with Gasteiger partial charge in [-0.1, -0.05) is 13.2 Å². The summed E-state index contributed by atoms with van der Waals surface area (Å²) < 4.78 is 10.8. The minimum atomic E-state index is -0.342. The zero-order valence-electron chi connectivity index (χ0n) is 17.6. The van der Waals surface area contributed by atoms with Crippen molar-refractivity contribution >= 4 is 17.8 Å². The van der Waals surface area contributed by atoms with Gasteiger partial charge in [0.2, 0.25) is 5.91 Å². The molecular weight excluding hydrogens is 370 g/mol. The number of esters is 2. The molecule has 6 unspecified atom stereocenters. The lowest BCUT2D eigenvalue weighted by Crippen LogP contribution is -2.31. The van der Waals surface area contributed by atoms with Crippen LogP contribution in [0.15, 0.2) is 24.8 Å². The Labute approximate surface area is 173 Å². The highest BCUT2D eigenvalue weighted by Gasteiger charge is 2.56. The third-order valence-corrected chi connectivity index (χ3v) is 7.15. The Morgan fingerprint density at radius 2 is 1.76 bits per heavy atom. The number of ether oxygens (including phenoxy) is 2. The van der Waals surface area contributed by atoms with Gasteiger partial charge in [0.25, 0.3) is 0 Å². The number of nitrogens with zero attached hydrogens (tertiary/aromatic N) is 1. The van der Waals surface area contributed by atoms with Crippen LogP contribution in [0.5, 0.6) is 0 Å². The van der Waals surface area contributed by atoms with Gasteiger partial charge in [0.15, 0.2) is 0 Å². The summed E-state index contributed by atoms with van der Waals surface area (Å²) in [4.78, 5) is 36.7. The molecule has 0 heterocycles. The Morgan fingerprint density at radius 1 is 1.03 bits per heavy atom. The molecule has 2 bridgehead atoms. The number of fused-ring (bicyclic) bond motifs is 5. The van der Waals surface area contributed by atoms with E-state index in [0.717, 1.165) is 25.2 Å². The summed E-state index contributed by atoms with van der Waals surface area (Å²) in [6.45, 7) is 10.1. The van der Waals surface area contributed by atoms with Crippen LogP contribution in [0, 0.1) is 35.5 Å². The van der Waals surface area contributed by atoms with Gasteiger partial charge in [-0.25, -0.2) is 4.79 Å². The summed E-state index contributed by atoms with van der Waals surface area (Å²) in [5, 5.41) is 0. The second-order valence-electron chi connectivity index (χ2n) is 9.09. The summed E-state index contributed by atoms with van der Waals surface area (Å²) in [5.74, 6) is 2.89. The topological polar surface area (TPSA) is 72.9 Å². The first-order valence-electron chi connectivity index (χ1n) is 10.7. The van der Waals surface area contributed by atoms with E-state index in [1.807, 2.05) is 0 Å². The molecule has 0 radical (unpaired) electrons. The third-order valence-electron chi connectivity index (χ3n) is 7.15. The van der Waals surface area contributed by atoms with Crippen molar-refractivity contribution < 1.29 is 23.9 Å². The SMILES string of the molecule is C=CC(=O)OCC1CC2C3CC(COC(=O)CCN(C)C(=O)C(=C)C)C(C3)C2C1. The second kappa shape index (κ2) is 9.14. The maximum atomic E-state index is 12.1. The van der Waals surface area contributed by atoms with E-state index >= 15 is 0 Å². The van der Waals surface area contributed by atoms with Gasteiger partial charge in [-0.3, -0.25) is 9.59 Å². The normalized spacial score (nSPS) is 31.8. The molecule has 0 saturated heterocycles. The summed E-state index contributed by atoms with van der Waals surface area (Å²) in [7, 11) is 1.67. The standard InChI is InChI=1S/C23H33NO5/c1-5-21(25)28-12-15-8-18-16-10-17(19(11-16)20(18)9-15)13-29-22(26)6-7-24(4)23(27)14(2)3/h5,15-20H,1-2,6-13H2,3-4H3. The minimum absolute atomic E-state index is 0.147. The van der Waals surface area contributed by atoms with E-state index in [-0.39, 0.29) is 24.3 Å². The van der Waals surface area contributed by atoms with Crippen molar-refractivity contribution in [3.05, 3.63) is 24.8 Å². The molecule has 3 saturated carbocycles. The van der Waals surface area contributed by atoms with Crippen molar-refractivity contribution in [2.75, 3.05) is 26.8 Å². The van der Waals surface area contributed by atoms with E-state index in [0.29, 0.717) is 54.9 Å². The molecule has 6 atom stereocenters. The predicted octanol–water partition coefficient (Wildman–Crippen LogP) is 2.98. The quantitative estimate of drug-likeness (QED) is 0.437. The molecule has 0 aromatic rings. The lowest BCUT2D eigenvalue weighted by Gasteiger charge is -2.31. The maximum absolute atomic E-state index is 12.1. The Morgan fingerprint density at radius 3 is 2.45 bits per heavy atom. The fourth-order valence-corrected chi connectivity index (χ4v) is 5.87. The molecule has 3 aliphatic carbocycles. The molecule has 0 aromatic heterocycles. The maximum Gasteiger partial charge on any atom is 0.330 e. The highest BCUT2D eigenvalue weighted by Crippen LogP contribution is 2.62. The summed E-state index contributed by atoms with van der Waals surface area (Å²) in [6.07, 6.45) is 6.05. The molecule has 0 aromatic carbocycles. The van der Waals surface area contributed by atoms with Crippen LogP contribution in [0.25, 0.3) is 0 Å². The van der Waals surface area contributed by atoms with Gasteiger partial charge in [-0.05, 0) is 68.1 Å². The van der Waals surface area contributed by atoms with Crippen molar-refractivity contribution in [2.24, 2.45) is 35.5 Å². The Hall–Kier alpha value is -2.11. The van der Waals surface area contributed by atoms with Gasteiger partial charge in [0.1, 0.15) is 0 Å². The van der Waals surface area contributed by atoms with Crippen LogP contribution in [0.2, 0.25) is 0 Å². The van der Waals surface area contributed by atoms with E-state index in [1.54, 1.807) is 14.0 Å². The van der Waals surface area contributed by atoms with Crippen LogP contribution in [-0.2, 0) is 23.9 Å². The summed E-state index contributed by atoms with van der Waals surface area (Å²) in [5.41, 5.74) is 0.464. The average Bonchev–Trinajstić information content (AvgIpc) is 3.39. The minimum Gasteiger partial charge on any atom is -0.465 e. The van der Waals surface area contributed by atoms with E-state index in [1.165, 1.54) is 17.4 Å². The number of carbonyl (C=O) groups is 3. The van der Waals surface area contributed by atoms with E-state index in [2.05, 4.69) is 13.2 Å². The number of hydrogen-bond donors (Lipinski definition) is 0. The third kappa shape index (κ3) is 4.90. The largest absolute Gasteiger partial charge is 0.465 e. The highest BCUT2D eigenvalue weighted by molar-refractivity contribution is 5.92. The molecule has 0 spiro atoms. The second-order valence-corrected chi connectivity index (χ2v) is 9.09. The van der Waals surface area contributed by atoms with Gasteiger partial charge in [0, 0.05) is 25.2 Å². The van der Waals surface area contributed by atoms with Gasteiger partial charge in [0.05, 0.1) is 19.6 Å². The molecule has 6 heteroatoms. The van der Waals surface area contributed by atoms with E-state index in [9.17, 15) is 14.4 Å². The van der Waals surface area contributed by atoms with Crippen LogP contribution in [-0.4, -0.2) is 49.6 Å². The summed E-state index contributed by atoms with van der Waals surface area (Å²) in [6, 6.07) is 0. The molecule has 3 rings (SSSR count). The Kier molecular flexibility index (Phi) is 6.81. The fourth-order valence-electron chi connectivity index (χ4n) is 5.87. The number of hydrogen-bond acceptors (Lipinski definition) is 5. The zero-order valence-corrected chi connectivity index (χ0v) is 17.6. The molecule has 29 heavy (non-hydrogen) atoms. The van der Waals surface area contributed by atoms with E-state index < -0.39 is 0 Å². The van der Waals surface area contributed by atoms with Crippen LogP contribution in [0.1, 0.15) is 39.0 Å². The number of carbonyl (C=O) groups excluding carboxylic acids is 3. The smallest absolute Gasteiger partial charge is 0.330 e. The van der Waals surface area contributed by atoms with Crippen molar-refractivity contribution in [1.82, 2.24) is 4.90 Å². The first-order valence-corrected chi connectivity index (χ1v) is 10.7. The molecule has 6 nitrogen and oxygen atoms in total. The summed E-state index contributed by atoms with van der Waals surface area (Å²) >= 11 is 0. The van der Waals surface area contributed by atoms with Crippen LogP contribution in [0.3, 0.4) is 0 Å². The monoisotopic (exact) mass is 403 g/mol. The molecule has 160 valence electrons. The van der Waals surface area contributed by atoms with Crippen LogP contribution < -0.4 is 0 Å². The van der Waals surface area contributed by atoms with Crippen molar-refractivity contribution in [3.63, 3.8) is 0 Å². The van der Waals surface area contributed by atoms with Gasteiger partial charge >= 0.3 is 11.9 Å². The number of amides is 1. The average molecular weight is 404 g/mol. The Balaban J connectivity index is 1.40. The lowest BCUT2D eigenvalue weighted by molar-refractivity contribution is -0.146. The van der Waals surface area contributed by atoms with Crippen molar-refractivity contribution in [1.29, 1.82) is 0 Å². The molecule has 3 fully saturated rings. The highest BCUT2D eigenvalue weighted by atomic mass is 16.5. The molecule has 0 aliphatic heterocycles. The lowest BCUT2D eigenvalue weighted by atomic mass is 9.76. The van der Waals surface area contributed by atoms with E-state index in [4.69, 9.17) is 9.47 Å². The molecule has 3 aliphatic rings. The first-order chi connectivity index (χ1) is 13.8. The first kappa shape index (κ1) is 21.6. The van der Waals surface area contributed by atoms with Crippen molar-refractivity contribution in [2.45, 2.75) is 39.0 Å².